The third-order valence-electron chi connectivity index (χ3n) is 4.21. The van der Waals surface area contributed by atoms with E-state index in [1.165, 1.54) is 35.9 Å². The maximum Gasteiger partial charge on any atom is 0.127 e. The predicted octanol–water partition coefficient (Wildman–Crippen LogP) is 4.75. The zero-order valence-electron chi connectivity index (χ0n) is 11.9. The molecule has 3 rings (SSSR count). The van der Waals surface area contributed by atoms with Gasteiger partial charge in [0.2, 0.25) is 0 Å². The van der Waals surface area contributed by atoms with E-state index in [9.17, 15) is 0 Å². The minimum atomic E-state index is -0.0350. The first-order chi connectivity index (χ1) is 9.06. The normalized spacial score (nSPS) is 17.1. The molecule has 1 aliphatic carbocycles. The highest BCUT2D eigenvalue weighted by Crippen LogP contribution is 2.34. The standard InChI is InChI=1S/C16H21ClN2/c1-10-8-14-15(9-11(10)2)19(7-6-13-4-5-13)16(18-14)12(3)17/h8-9,12-13H,4-7H2,1-3H3. The fourth-order valence-electron chi connectivity index (χ4n) is 2.66. The molecule has 1 atom stereocenters. The van der Waals surface area contributed by atoms with Crippen molar-refractivity contribution >= 4 is 22.6 Å². The molecule has 1 unspecified atom stereocenters. The van der Waals surface area contributed by atoms with Gasteiger partial charge in [0.05, 0.1) is 16.4 Å². The van der Waals surface area contributed by atoms with Crippen LogP contribution < -0.4 is 0 Å². The number of aromatic nitrogens is 2. The number of benzene rings is 1. The van der Waals surface area contributed by atoms with Crippen LogP contribution in [0.1, 0.15) is 48.5 Å². The van der Waals surface area contributed by atoms with E-state index in [1.807, 2.05) is 6.92 Å². The van der Waals surface area contributed by atoms with Crippen molar-refractivity contribution in [3.8, 4) is 0 Å². The second kappa shape index (κ2) is 4.82. The van der Waals surface area contributed by atoms with Crippen LogP contribution in [0.3, 0.4) is 0 Å². The molecule has 1 aromatic carbocycles. The Morgan fingerprint density at radius 1 is 1.32 bits per heavy atom. The highest BCUT2D eigenvalue weighted by atomic mass is 35.5. The van der Waals surface area contributed by atoms with Gasteiger partial charge in [0.25, 0.3) is 0 Å². The van der Waals surface area contributed by atoms with Gasteiger partial charge in [-0.3, -0.25) is 0 Å². The number of alkyl halides is 1. The van der Waals surface area contributed by atoms with Gasteiger partial charge < -0.3 is 4.57 Å². The Balaban J connectivity index is 2.07. The van der Waals surface area contributed by atoms with Gasteiger partial charge in [0, 0.05) is 6.54 Å². The molecule has 2 nitrogen and oxygen atoms in total. The summed E-state index contributed by atoms with van der Waals surface area (Å²) in [6, 6.07) is 4.44. The first kappa shape index (κ1) is 13.0. The Morgan fingerprint density at radius 3 is 2.63 bits per heavy atom. The van der Waals surface area contributed by atoms with Crippen molar-refractivity contribution in [2.45, 2.75) is 52.0 Å². The molecular weight excluding hydrogens is 256 g/mol. The van der Waals surface area contributed by atoms with E-state index >= 15 is 0 Å². The summed E-state index contributed by atoms with van der Waals surface area (Å²) in [5, 5.41) is -0.0350. The molecule has 1 aromatic heterocycles. The first-order valence-corrected chi connectivity index (χ1v) is 7.61. The highest BCUT2D eigenvalue weighted by molar-refractivity contribution is 6.20. The SMILES string of the molecule is Cc1cc2nc(C(C)Cl)n(CCC3CC3)c2cc1C. The molecule has 1 fully saturated rings. The molecule has 0 N–H and O–H groups in total. The summed E-state index contributed by atoms with van der Waals surface area (Å²) in [7, 11) is 0. The topological polar surface area (TPSA) is 17.8 Å². The van der Waals surface area contributed by atoms with Gasteiger partial charge in [-0.2, -0.15) is 0 Å². The number of aryl methyl sites for hydroxylation is 3. The number of nitrogens with zero attached hydrogens (tertiary/aromatic N) is 2. The first-order valence-electron chi connectivity index (χ1n) is 7.17. The molecule has 0 amide bonds. The number of halogens is 1. The van der Waals surface area contributed by atoms with E-state index in [-0.39, 0.29) is 5.38 Å². The molecule has 0 bridgehead atoms. The lowest BCUT2D eigenvalue weighted by Gasteiger charge is -2.10. The van der Waals surface area contributed by atoms with E-state index in [1.54, 1.807) is 0 Å². The van der Waals surface area contributed by atoms with Crippen molar-refractivity contribution in [2.75, 3.05) is 0 Å². The summed E-state index contributed by atoms with van der Waals surface area (Å²) in [6.07, 6.45) is 4.06. The van der Waals surface area contributed by atoms with Gasteiger partial charge in [-0.25, -0.2) is 4.98 Å². The van der Waals surface area contributed by atoms with Crippen LogP contribution in [-0.4, -0.2) is 9.55 Å². The summed E-state index contributed by atoms with van der Waals surface area (Å²) in [5.74, 6) is 1.95. The Morgan fingerprint density at radius 2 is 2.00 bits per heavy atom. The Kier molecular flexibility index (Phi) is 3.30. The summed E-state index contributed by atoms with van der Waals surface area (Å²) in [6.45, 7) is 7.37. The van der Waals surface area contributed by atoms with Gasteiger partial charge >= 0.3 is 0 Å². The van der Waals surface area contributed by atoms with Gasteiger partial charge in [-0.1, -0.05) is 12.8 Å². The molecule has 1 heterocycles. The lowest BCUT2D eigenvalue weighted by molar-refractivity contribution is 0.585. The summed E-state index contributed by atoms with van der Waals surface area (Å²) < 4.78 is 2.33. The zero-order valence-corrected chi connectivity index (χ0v) is 12.7. The lowest BCUT2D eigenvalue weighted by Crippen LogP contribution is -2.05. The van der Waals surface area contributed by atoms with Gasteiger partial charge in [-0.15, -0.1) is 11.6 Å². The number of fused-ring (bicyclic) bond motifs is 1. The van der Waals surface area contributed by atoms with Crippen LogP contribution in [0.15, 0.2) is 12.1 Å². The molecule has 0 radical (unpaired) electrons. The van der Waals surface area contributed by atoms with Gasteiger partial charge in [-0.05, 0) is 56.4 Å². The molecule has 2 aromatic rings. The van der Waals surface area contributed by atoms with Crippen LogP contribution in [-0.2, 0) is 6.54 Å². The third kappa shape index (κ3) is 2.51. The van der Waals surface area contributed by atoms with Crippen molar-refractivity contribution in [1.82, 2.24) is 9.55 Å². The van der Waals surface area contributed by atoms with Crippen molar-refractivity contribution in [2.24, 2.45) is 5.92 Å². The Bertz CT molecular complexity index is 609. The molecule has 0 saturated heterocycles. The second-order valence-corrected chi connectivity index (χ2v) is 6.55. The van der Waals surface area contributed by atoms with E-state index < -0.39 is 0 Å². The van der Waals surface area contributed by atoms with E-state index in [0.29, 0.717) is 0 Å². The Labute approximate surface area is 119 Å². The molecule has 102 valence electrons. The maximum absolute atomic E-state index is 6.31. The molecular formula is C16H21ClN2. The average Bonchev–Trinajstić information content (AvgIpc) is 3.11. The lowest BCUT2D eigenvalue weighted by atomic mass is 10.1. The summed E-state index contributed by atoms with van der Waals surface area (Å²) in [4.78, 5) is 4.74. The molecule has 0 spiro atoms. The summed E-state index contributed by atoms with van der Waals surface area (Å²) in [5.41, 5.74) is 4.95. The van der Waals surface area contributed by atoms with Crippen molar-refractivity contribution in [3.63, 3.8) is 0 Å². The summed E-state index contributed by atoms with van der Waals surface area (Å²) >= 11 is 6.31. The molecule has 3 heteroatoms. The average molecular weight is 277 g/mol. The fraction of sp³-hybridized carbons (Fsp3) is 0.562. The minimum absolute atomic E-state index is 0.0350. The zero-order chi connectivity index (χ0) is 13.6. The monoisotopic (exact) mass is 276 g/mol. The maximum atomic E-state index is 6.31. The van der Waals surface area contributed by atoms with Crippen molar-refractivity contribution in [3.05, 3.63) is 29.1 Å². The van der Waals surface area contributed by atoms with Crippen molar-refractivity contribution in [1.29, 1.82) is 0 Å². The smallest absolute Gasteiger partial charge is 0.127 e. The molecule has 0 aliphatic heterocycles. The highest BCUT2D eigenvalue weighted by Gasteiger charge is 2.22. The van der Waals surface area contributed by atoms with Crippen LogP contribution in [0.4, 0.5) is 0 Å². The second-order valence-electron chi connectivity index (χ2n) is 5.89. The largest absolute Gasteiger partial charge is 0.327 e. The van der Waals surface area contributed by atoms with Crippen molar-refractivity contribution < 1.29 is 0 Å². The minimum Gasteiger partial charge on any atom is -0.327 e. The fourth-order valence-corrected chi connectivity index (χ4v) is 2.82. The van der Waals surface area contributed by atoms with E-state index in [4.69, 9.17) is 16.6 Å². The number of hydrogen-bond acceptors (Lipinski definition) is 1. The Hall–Kier alpha value is -1.02. The van der Waals surface area contributed by atoms with E-state index in [0.717, 1.165) is 23.8 Å². The number of hydrogen-bond donors (Lipinski definition) is 0. The van der Waals surface area contributed by atoms with Gasteiger partial charge in [0.1, 0.15) is 5.82 Å². The molecule has 19 heavy (non-hydrogen) atoms. The predicted molar refractivity (Wildman–Crippen MR) is 80.8 cm³/mol. The van der Waals surface area contributed by atoms with E-state index in [2.05, 4.69) is 30.5 Å². The number of rotatable bonds is 4. The molecule has 1 aliphatic rings. The van der Waals surface area contributed by atoms with Crippen LogP contribution in [0.2, 0.25) is 0 Å². The van der Waals surface area contributed by atoms with Gasteiger partial charge in [0.15, 0.2) is 0 Å². The quantitative estimate of drug-likeness (QED) is 0.737. The van der Waals surface area contributed by atoms with Crippen LogP contribution in [0, 0.1) is 19.8 Å². The van der Waals surface area contributed by atoms with Crippen LogP contribution in [0.5, 0.6) is 0 Å². The number of imidazole rings is 1. The third-order valence-corrected chi connectivity index (χ3v) is 4.40. The van der Waals surface area contributed by atoms with Crippen LogP contribution >= 0.6 is 11.6 Å². The molecule has 1 saturated carbocycles. The van der Waals surface area contributed by atoms with Crippen LogP contribution in [0.25, 0.3) is 11.0 Å².